The topological polar surface area (TPSA) is 31.2 Å². The molecular weight excluding hydrogens is 412 g/mol. The Bertz CT molecular complexity index is 866. The maximum absolute atomic E-state index is 5.17. The highest BCUT2D eigenvalue weighted by Crippen LogP contribution is 2.18. The van der Waals surface area contributed by atoms with Gasteiger partial charge in [-0.15, -0.1) is 0 Å². The van der Waals surface area contributed by atoms with E-state index in [-0.39, 0.29) is 0 Å². The number of rotatable bonds is 10. The summed E-state index contributed by atoms with van der Waals surface area (Å²) < 4.78 is 4.65. The van der Waals surface area contributed by atoms with E-state index in [0.717, 1.165) is 30.9 Å². The van der Waals surface area contributed by atoms with Crippen LogP contribution in [0.1, 0.15) is 31.4 Å². The molecule has 6 heteroatoms. The maximum atomic E-state index is 5.17. The normalized spacial score (nSPS) is 13.3. The molecular formula is C25H40N4Si2. The van der Waals surface area contributed by atoms with Gasteiger partial charge in [-0.25, -0.2) is 0 Å². The number of hydrogen-bond donors (Lipinski definition) is 0. The lowest BCUT2D eigenvalue weighted by Crippen LogP contribution is -2.44. The minimum absolute atomic E-state index is 0.840. The Morgan fingerprint density at radius 2 is 1.06 bits per heavy atom. The van der Waals surface area contributed by atoms with Gasteiger partial charge in [-0.05, 0) is 24.5 Å². The molecule has 0 aromatic heterocycles. The number of benzene rings is 2. The van der Waals surface area contributed by atoms with Crippen LogP contribution in [-0.4, -0.2) is 37.2 Å². The van der Waals surface area contributed by atoms with Crippen molar-refractivity contribution in [2.24, 2.45) is 10.2 Å². The molecule has 0 N–H and O–H groups in total. The molecule has 0 radical (unpaired) electrons. The molecule has 2 rings (SSSR count). The first-order chi connectivity index (χ1) is 14.5. The van der Waals surface area contributed by atoms with Gasteiger partial charge in [0.1, 0.15) is 0 Å². The summed E-state index contributed by atoms with van der Waals surface area (Å²) in [6.45, 7) is 20.1. The largest absolute Gasteiger partial charge is 0.320 e. The van der Waals surface area contributed by atoms with E-state index in [1.165, 1.54) is 11.1 Å². The standard InChI is InChI=1S/C25H40N4Si2/c1-9-25(27-29(31(6,7)8)21-24-18-14-11-15-19-24)22(2)26-28(30(3,4)5)20-23-16-12-10-13-17-23/h10-19H,9,20-21H2,1-8H3. The van der Waals surface area contributed by atoms with Crippen LogP contribution in [0.15, 0.2) is 70.9 Å². The fourth-order valence-corrected chi connectivity index (χ4v) is 5.33. The van der Waals surface area contributed by atoms with Crippen LogP contribution in [0, 0.1) is 0 Å². The molecule has 0 atom stereocenters. The molecule has 0 aliphatic heterocycles. The second-order valence-electron chi connectivity index (χ2n) is 10.0. The molecule has 0 aliphatic carbocycles. The van der Waals surface area contributed by atoms with E-state index in [4.69, 9.17) is 10.2 Å². The van der Waals surface area contributed by atoms with Crippen molar-refractivity contribution in [3.8, 4) is 0 Å². The van der Waals surface area contributed by atoms with Gasteiger partial charge in [0, 0.05) is 0 Å². The number of hydrazone groups is 2. The van der Waals surface area contributed by atoms with E-state index in [1.807, 2.05) is 0 Å². The smallest absolute Gasteiger partial charge is 0.169 e. The van der Waals surface area contributed by atoms with Crippen LogP contribution in [0.3, 0.4) is 0 Å². The van der Waals surface area contributed by atoms with Gasteiger partial charge >= 0.3 is 0 Å². The maximum Gasteiger partial charge on any atom is 0.169 e. The van der Waals surface area contributed by atoms with E-state index in [9.17, 15) is 0 Å². The van der Waals surface area contributed by atoms with Gasteiger partial charge in [0.25, 0.3) is 0 Å². The van der Waals surface area contributed by atoms with Crippen molar-refractivity contribution in [2.45, 2.75) is 72.6 Å². The zero-order valence-electron chi connectivity index (χ0n) is 20.7. The van der Waals surface area contributed by atoms with Crippen molar-refractivity contribution in [2.75, 3.05) is 0 Å². The minimum atomic E-state index is -1.65. The van der Waals surface area contributed by atoms with Gasteiger partial charge in [0.05, 0.1) is 24.5 Å². The highest BCUT2D eigenvalue weighted by molar-refractivity contribution is 6.73. The first-order valence-electron chi connectivity index (χ1n) is 11.3. The van der Waals surface area contributed by atoms with Gasteiger partial charge in [-0.3, -0.25) is 0 Å². The highest BCUT2D eigenvalue weighted by atomic mass is 28.3. The van der Waals surface area contributed by atoms with Crippen LogP contribution >= 0.6 is 0 Å². The summed E-state index contributed by atoms with van der Waals surface area (Å²) in [5, 5.41) is 10.3. The molecule has 0 fully saturated rings. The molecule has 0 aliphatic rings. The van der Waals surface area contributed by atoms with Crippen molar-refractivity contribution in [1.82, 2.24) is 9.35 Å². The Kier molecular flexibility index (Phi) is 8.83. The van der Waals surface area contributed by atoms with Crippen LogP contribution in [-0.2, 0) is 13.1 Å². The molecule has 0 saturated carbocycles. The molecule has 0 unspecified atom stereocenters. The third-order valence-electron chi connectivity index (χ3n) is 5.16. The summed E-state index contributed by atoms with van der Waals surface area (Å²) in [4.78, 5) is 0. The Morgan fingerprint density at radius 3 is 1.42 bits per heavy atom. The molecule has 4 nitrogen and oxygen atoms in total. The van der Waals surface area contributed by atoms with Crippen LogP contribution in [0.4, 0.5) is 0 Å². The zero-order valence-corrected chi connectivity index (χ0v) is 22.7. The van der Waals surface area contributed by atoms with E-state index in [0.29, 0.717) is 0 Å². The van der Waals surface area contributed by atoms with Crippen molar-refractivity contribution in [3.63, 3.8) is 0 Å². The van der Waals surface area contributed by atoms with Crippen molar-refractivity contribution in [1.29, 1.82) is 0 Å². The number of hydrogen-bond acceptors (Lipinski definition) is 4. The Balaban J connectivity index is 2.34. The Morgan fingerprint density at radius 1 is 0.677 bits per heavy atom. The molecule has 2 aromatic carbocycles. The van der Waals surface area contributed by atoms with E-state index in [1.54, 1.807) is 0 Å². The second-order valence-corrected chi connectivity index (χ2v) is 19.7. The summed E-state index contributed by atoms with van der Waals surface area (Å²) in [6, 6.07) is 21.3. The first kappa shape index (κ1) is 25.1. The fraction of sp³-hybridized carbons (Fsp3) is 0.440. The third kappa shape index (κ3) is 8.11. The van der Waals surface area contributed by atoms with Gasteiger partial charge in [-0.1, -0.05) is 107 Å². The SMILES string of the molecule is CCC(=NN(Cc1ccccc1)[Si](C)(C)C)C(C)=NN(Cc1ccccc1)[Si](C)(C)C. The summed E-state index contributed by atoms with van der Waals surface area (Å²) in [7, 11) is -3.29. The predicted molar refractivity (Wildman–Crippen MR) is 141 cm³/mol. The van der Waals surface area contributed by atoms with Crippen LogP contribution in [0.5, 0.6) is 0 Å². The molecule has 31 heavy (non-hydrogen) atoms. The quantitative estimate of drug-likeness (QED) is 0.225. The molecule has 0 bridgehead atoms. The molecule has 168 valence electrons. The van der Waals surface area contributed by atoms with Gasteiger partial charge in [-0.2, -0.15) is 10.2 Å². The molecule has 2 aromatic rings. The highest BCUT2D eigenvalue weighted by Gasteiger charge is 2.26. The van der Waals surface area contributed by atoms with Crippen molar-refractivity contribution < 1.29 is 0 Å². The zero-order chi connectivity index (χ0) is 23.1. The minimum Gasteiger partial charge on any atom is -0.320 e. The summed E-state index contributed by atoms with van der Waals surface area (Å²) in [5.41, 5.74) is 4.70. The van der Waals surface area contributed by atoms with E-state index in [2.05, 4.69) is 123 Å². The lowest BCUT2D eigenvalue weighted by molar-refractivity contribution is 0.439. The molecule has 0 saturated heterocycles. The van der Waals surface area contributed by atoms with Crippen LogP contribution in [0.2, 0.25) is 39.3 Å². The monoisotopic (exact) mass is 452 g/mol. The fourth-order valence-electron chi connectivity index (χ4n) is 3.14. The Labute approximate surface area is 191 Å². The summed E-state index contributed by atoms with van der Waals surface area (Å²) >= 11 is 0. The van der Waals surface area contributed by atoms with Crippen molar-refractivity contribution in [3.05, 3.63) is 71.8 Å². The third-order valence-corrected chi connectivity index (χ3v) is 8.78. The van der Waals surface area contributed by atoms with Gasteiger partial charge in [0.15, 0.2) is 16.5 Å². The van der Waals surface area contributed by atoms with Crippen LogP contribution < -0.4 is 0 Å². The Hall–Kier alpha value is -2.19. The first-order valence-corrected chi connectivity index (χ1v) is 18.2. The van der Waals surface area contributed by atoms with E-state index >= 15 is 0 Å². The average Bonchev–Trinajstić information content (AvgIpc) is 2.70. The van der Waals surface area contributed by atoms with E-state index < -0.39 is 16.5 Å². The number of nitrogens with zero attached hydrogens (tertiary/aromatic N) is 4. The lowest BCUT2D eigenvalue weighted by Gasteiger charge is -2.34. The predicted octanol–water partition coefficient (Wildman–Crippen LogP) is 6.80. The van der Waals surface area contributed by atoms with Crippen LogP contribution in [0.25, 0.3) is 0 Å². The summed E-state index contributed by atoms with van der Waals surface area (Å²) in [5.74, 6) is 0. The van der Waals surface area contributed by atoms with Crippen molar-refractivity contribution >= 4 is 27.9 Å². The molecule has 0 amide bonds. The molecule has 0 spiro atoms. The van der Waals surface area contributed by atoms with Gasteiger partial charge < -0.3 is 9.35 Å². The lowest BCUT2D eigenvalue weighted by atomic mass is 10.2. The summed E-state index contributed by atoms with van der Waals surface area (Å²) in [6.07, 6.45) is 0.871. The van der Waals surface area contributed by atoms with Gasteiger partial charge in [0.2, 0.25) is 0 Å². The average molecular weight is 453 g/mol. The molecule has 0 heterocycles. The second kappa shape index (κ2) is 10.9.